The summed E-state index contributed by atoms with van der Waals surface area (Å²) in [5.41, 5.74) is 3.91. The standard InChI is InChI=1S/C19H15ClN6/c1-12-16-17(14-9-5-6-10-15(14)20)26-19(21-11-22-26)23-18(16)25(24-12)13-7-3-2-4-8-13/h2-11,17H,1H3,(H,21,22,23). The summed E-state index contributed by atoms with van der Waals surface area (Å²) >= 11 is 6.52. The van der Waals surface area contributed by atoms with Gasteiger partial charge in [0.2, 0.25) is 5.95 Å². The normalized spacial score (nSPS) is 15.2. The zero-order valence-electron chi connectivity index (χ0n) is 14.0. The van der Waals surface area contributed by atoms with Crippen LogP contribution in [0.2, 0.25) is 5.02 Å². The van der Waals surface area contributed by atoms with Crippen LogP contribution in [0, 0.1) is 6.92 Å². The van der Waals surface area contributed by atoms with Crippen LogP contribution in [0.1, 0.15) is 22.9 Å². The lowest BCUT2D eigenvalue weighted by atomic mass is 9.97. The van der Waals surface area contributed by atoms with Crippen LogP contribution < -0.4 is 5.32 Å². The molecule has 2 aromatic carbocycles. The van der Waals surface area contributed by atoms with Crippen molar-refractivity contribution in [2.75, 3.05) is 5.32 Å². The first kappa shape index (κ1) is 15.2. The van der Waals surface area contributed by atoms with Crippen molar-refractivity contribution < 1.29 is 0 Å². The highest BCUT2D eigenvalue weighted by Crippen LogP contribution is 2.43. The Morgan fingerprint density at radius 2 is 1.81 bits per heavy atom. The molecule has 1 aliphatic rings. The monoisotopic (exact) mass is 362 g/mol. The van der Waals surface area contributed by atoms with Crippen LogP contribution in [-0.2, 0) is 0 Å². The molecule has 128 valence electrons. The molecule has 7 heteroatoms. The molecule has 0 radical (unpaired) electrons. The van der Waals surface area contributed by atoms with Crippen LogP contribution in [0.15, 0.2) is 60.9 Å². The highest BCUT2D eigenvalue weighted by Gasteiger charge is 2.34. The second kappa shape index (κ2) is 5.71. The number of hydrogen-bond donors (Lipinski definition) is 1. The summed E-state index contributed by atoms with van der Waals surface area (Å²) in [6.45, 7) is 2.01. The average molecular weight is 363 g/mol. The molecule has 4 aromatic rings. The van der Waals surface area contributed by atoms with Crippen LogP contribution >= 0.6 is 11.6 Å². The first-order valence-corrected chi connectivity index (χ1v) is 8.67. The molecule has 0 saturated heterocycles. The predicted molar refractivity (Wildman–Crippen MR) is 100 cm³/mol. The van der Waals surface area contributed by atoms with Crippen molar-refractivity contribution >= 4 is 23.4 Å². The summed E-state index contributed by atoms with van der Waals surface area (Å²) in [6.07, 6.45) is 1.55. The Labute approximate surface area is 155 Å². The summed E-state index contributed by atoms with van der Waals surface area (Å²) in [4.78, 5) is 4.36. The van der Waals surface area contributed by atoms with Gasteiger partial charge in [-0.1, -0.05) is 48.0 Å². The molecule has 0 bridgehead atoms. The molecule has 1 N–H and O–H groups in total. The highest BCUT2D eigenvalue weighted by molar-refractivity contribution is 6.31. The van der Waals surface area contributed by atoms with E-state index in [1.165, 1.54) is 0 Å². The smallest absolute Gasteiger partial charge is 0.227 e. The van der Waals surface area contributed by atoms with Gasteiger partial charge in [0.15, 0.2) is 0 Å². The lowest BCUT2D eigenvalue weighted by Crippen LogP contribution is -2.23. The SMILES string of the molecule is Cc1nn(-c2ccccc2)c2c1C(c1ccccc1Cl)n1ncnc1N2. The molecule has 0 amide bonds. The maximum absolute atomic E-state index is 6.52. The van der Waals surface area contributed by atoms with Crippen molar-refractivity contribution in [3.05, 3.63) is 82.8 Å². The maximum Gasteiger partial charge on any atom is 0.227 e. The molecular weight excluding hydrogens is 348 g/mol. The third-order valence-corrected chi connectivity index (χ3v) is 4.97. The first-order valence-electron chi connectivity index (χ1n) is 8.30. The summed E-state index contributed by atoms with van der Waals surface area (Å²) in [5, 5.41) is 13.3. The molecule has 26 heavy (non-hydrogen) atoms. The van der Waals surface area contributed by atoms with E-state index in [1.54, 1.807) is 6.33 Å². The topological polar surface area (TPSA) is 60.6 Å². The van der Waals surface area contributed by atoms with Crippen molar-refractivity contribution in [2.45, 2.75) is 13.0 Å². The van der Waals surface area contributed by atoms with E-state index < -0.39 is 0 Å². The number of para-hydroxylation sites is 1. The van der Waals surface area contributed by atoms with Crippen molar-refractivity contribution in [3.63, 3.8) is 0 Å². The summed E-state index contributed by atoms with van der Waals surface area (Å²) in [6, 6.07) is 17.7. The predicted octanol–water partition coefficient (Wildman–Crippen LogP) is 4.12. The van der Waals surface area contributed by atoms with Gasteiger partial charge < -0.3 is 5.32 Å². The lowest BCUT2D eigenvalue weighted by molar-refractivity contribution is 0.590. The van der Waals surface area contributed by atoms with Gasteiger partial charge in [0.25, 0.3) is 0 Å². The maximum atomic E-state index is 6.52. The lowest BCUT2D eigenvalue weighted by Gasteiger charge is -2.26. The quantitative estimate of drug-likeness (QED) is 0.513. The molecule has 0 fully saturated rings. The van der Waals surface area contributed by atoms with Gasteiger partial charge in [-0.15, -0.1) is 0 Å². The van der Waals surface area contributed by atoms with Crippen LogP contribution in [0.25, 0.3) is 5.69 Å². The van der Waals surface area contributed by atoms with E-state index in [2.05, 4.69) is 15.4 Å². The van der Waals surface area contributed by atoms with Gasteiger partial charge in [0.1, 0.15) is 18.2 Å². The van der Waals surface area contributed by atoms with E-state index in [0.717, 1.165) is 28.3 Å². The van der Waals surface area contributed by atoms with Gasteiger partial charge in [0, 0.05) is 16.1 Å². The number of halogens is 1. The van der Waals surface area contributed by atoms with Crippen LogP contribution in [0.3, 0.4) is 0 Å². The number of nitrogens with zero attached hydrogens (tertiary/aromatic N) is 5. The Morgan fingerprint density at radius 1 is 1.04 bits per heavy atom. The fourth-order valence-corrected chi connectivity index (χ4v) is 3.72. The van der Waals surface area contributed by atoms with E-state index in [-0.39, 0.29) is 6.04 Å². The van der Waals surface area contributed by atoms with Gasteiger partial charge in [-0.05, 0) is 25.1 Å². The van der Waals surface area contributed by atoms with E-state index in [1.807, 2.05) is 70.9 Å². The third kappa shape index (κ3) is 2.16. The number of rotatable bonds is 2. The fraction of sp³-hybridized carbons (Fsp3) is 0.105. The zero-order valence-corrected chi connectivity index (χ0v) is 14.7. The molecule has 6 nitrogen and oxygen atoms in total. The second-order valence-electron chi connectivity index (χ2n) is 6.17. The molecule has 0 aliphatic carbocycles. The summed E-state index contributed by atoms with van der Waals surface area (Å²) in [5.74, 6) is 1.55. The van der Waals surface area contributed by atoms with E-state index in [4.69, 9.17) is 16.7 Å². The van der Waals surface area contributed by atoms with E-state index in [0.29, 0.717) is 11.0 Å². The largest absolute Gasteiger partial charge is 0.309 e. The molecule has 0 spiro atoms. The van der Waals surface area contributed by atoms with Crippen LogP contribution in [0.5, 0.6) is 0 Å². The molecule has 1 atom stereocenters. The molecular formula is C19H15ClN6. The number of benzene rings is 2. The van der Waals surface area contributed by atoms with Crippen LogP contribution in [-0.4, -0.2) is 24.5 Å². The Balaban J connectivity index is 1.78. The fourth-order valence-electron chi connectivity index (χ4n) is 3.48. The number of aryl methyl sites for hydroxylation is 1. The number of nitrogens with one attached hydrogen (secondary N) is 1. The number of fused-ring (bicyclic) bond motifs is 2. The minimum Gasteiger partial charge on any atom is -0.309 e. The van der Waals surface area contributed by atoms with Crippen molar-refractivity contribution in [2.24, 2.45) is 0 Å². The minimum absolute atomic E-state index is 0.185. The number of aromatic nitrogens is 5. The zero-order chi connectivity index (χ0) is 17.7. The molecule has 5 rings (SSSR count). The van der Waals surface area contributed by atoms with Gasteiger partial charge in [-0.2, -0.15) is 15.2 Å². The van der Waals surface area contributed by atoms with Gasteiger partial charge in [-0.3, -0.25) is 0 Å². The van der Waals surface area contributed by atoms with Crippen LogP contribution in [0.4, 0.5) is 11.8 Å². The summed E-state index contributed by atoms with van der Waals surface area (Å²) < 4.78 is 3.76. The van der Waals surface area contributed by atoms with Crippen molar-refractivity contribution in [1.29, 1.82) is 0 Å². The van der Waals surface area contributed by atoms with Gasteiger partial charge in [-0.25, -0.2) is 9.36 Å². The molecule has 0 saturated carbocycles. The van der Waals surface area contributed by atoms with Crippen molar-refractivity contribution in [1.82, 2.24) is 24.5 Å². The first-order chi connectivity index (χ1) is 12.7. The molecule has 2 aromatic heterocycles. The number of hydrogen-bond acceptors (Lipinski definition) is 4. The summed E-state index contributed by atoms with van der Waals surface area (Å²) in [7, 11) is 0. The van der Waals surface area contributed by atoms with E-state index in [9.17, 15) is 0 Å². The second-order valence-corrected chi connectivity index (χ2v) is 6.58. The molecule has 1 aliphatic heterocycles. The highest BCUT2D eigenvalue weighted by atomic mass is 35.5. The van der Waals surface area contributed by atoms with Gasteiger partial charge >= 0.3 is 0 Å². The number of anilines is 2. The Morgan fingerprint density at radius 3 is 2.62 bits per heavy atom. The third-order valence-electron chi connectivity index (χ3n) is 4.63. The van der Waals surface area contributed by atoms with Crippen molar-refractivity contribution in [3.8, 4) is 5.69 Å². The minimum atomic E-state index is -0.185. The van der Waals surface area contributed by atoms with E-state index >= 15 is 0 Å². The Kier molecular flexibility index (Phi) is 3.33. The molecule has 1 unspecified atom stereocenters. The molecule has 3 heterocycles. The average Bonchev–Trinajstić information content (AvgIpc) is 3.26. The Hall–Kier alpha value is -3.12. The Bertz CT molecular complexity index is 1100. The van der Waals surface area contributed by atoms with Gasteiger partial charge in [0.05, 0.1) is 11.4 Å².